The molecule has 4 aliphatic rings. The lowest BCUT2D eigenvalue weighted by Gasteiger charge is -2.24. The van der Waals surface area contributed by atoms with Gasteiger partial charge in [-0.2, -0.15) is 18.2 Å². The Labute approximate surface area is 190 Å². The highest BCUT2D eigenvalue weighted by molar-refractivity contribution is 5.76. The van der Waals surface area contributed by atoms with Gasteiger partial charge < -0.3 is 25.0 Å². The number of amides is 1. The predicted molar refractivity (Wildman–Crippen MR) is 114 cm³/mol. The SMILES string of the molecule is O=C1CCOCCN1CCCNc1nc(NC23CC2(C2CCOCC2)C3)ncc1C(F)(F)F. The molecule has 2 aliphatic carbocycles. The van der Waals surface area contributed by atoms with E-state index < -0.39 is 11.7 Å². The van der Waals surface area contributed by atoms with Crippen LogP contribution in [0.3, 0.4) is 0 Å². The summed E-state index contributed by atoms with van der Waals surface area (Å²) in [5.74, 6) is 0.618. The third kappa shape index (κ3) is 4.49. The Hall–Kier alpha value is -2.14. The maximum Gasteiger partial charge on any atom is 0.421 e. The Balaban J connectivity index is 1.20. The zero-order valence-corrected chi connectivity index (χ0v) is 18.5. The highest BCUT2D eigenvalue weighted by Gasteiger charge is 2.85. The molecule has 2 aliphatic heterocycles. The van der Waals surface area contributed by atoms with Crippen molar-refractivity contribution in [1.82, 2.24) is 14.9 Å². The van der Waals surface area contributed by atoms with Gasteiger partial charge in [0.15, 0.2) is 0 Å². The van der Waals surface area contributed by atoms with Crippen molar-refractivity contribution >= 4 is 17.7 Å². The molecule has 0 bridgehead atoms. The fourth-order valence-corrected chi connectivity index (χ4v) is 5.51. The Morgan fingerprint density at radius 1 is 1.15 bits per heavy atom. The van der Waals surface area contributed by atoms with Crippen LogP contribution >= 0.6 is 0 Å². The number of anilines is 2. The summed E-state index contributed by atoms with van der Waals surface area (Å²) in [7, 11) is 0. The topological polar surface area (TPSA) is 88.6 Å². The summed E-state index contributed by atoms with van der Waals surface area (Å²) < 4.78 is 51.3. The summed E-state index contributed by atoms with van der Waals surface area (Å²) >= 11 is 0. The van der Waals surface area contributed by atoms with Crippen LogP contribution in [0.1, 0.15) is 44.1 Å². The van der Waals surface area contributed by atoms with E-state index in [-0.39, 0.29) is 35.2 Å². The minimum Gasteiger partial charge on any atom is -0.381 e. The number of alkyl halides is 3. The molecule has 2 N–H and O–H groups in total. The highest BCUT2D eigenvalue weighted by atomic mass is 19.4. The van der Waals surface area contributed by atoms with Gasteiger partial charge in [-0.15, -0.1) is 0 Å². The van der Waals surface area contributed by atoms with Gasteiger partial charge in [-0.05, 0) is 38.0 Å². The highest BCUT2D eigenvalue weighted by Crippen LogP contribution is 2.84. The summed E-state index contributed by atoms with van der Waals surface area (Å²) in [4.78, 5) is 21.9. The molecule has 11 heteroatoms. The number of halogens is 3. The van der Waals surface area contributed by atoms with E-state index in [0.717, 1.165) is 45.1 Å². The van der Waals surface area contributed by atoms with Gasteiger partial charge in [-0.25, -0.2) is 4.98 Å². The van der Waals surface area contributed by atoms with Crippen molar-refractivity contribution in [2.45, 2.75) is 50.2 Å². The van der Waals surface area contributed by atoms with Gasteiger partial charge in [-0.3, -0.25) is 4.79 Å². The molecule has 1 aromatic rings. The number of carbonyl (C=O) groups is 1. The summed E-state index contributed by atoms with van der Waals surface area (Å²) in [5, 5.41) is 6.17. The minimum absolute atomic E-state index is 0.0122. The van der Waals surface area contributed by atoms with E-state index in [1.165, 1.54) is 0 Å². The van der Waals surface area contributed by atoms with Gasteiger partial charge in [-0.1, -0.05) is 0 Å². The molecule has 2 saturated heterocycles. The number of ether oxygens (including phenoxy) is 2. The predicted octanol–water partition coefficient (Wildman–Crippen LogP) is 2.92. The number of hydrogen-bond acceptors (Lipinski definition) is 7. The first kappa shape index (κ1) is 22.6. The molecule has 1 amide bonds. The van der Waals surface area contributed by atoms with Crippen LogP contribution in [-0.2, 0) is 20.4 Å². The molecule has 33 heavy (non-hydrogen) atoms. The van der Waals surface area contributed by atoms with Crippen molar-refractivity contribution in [3.05, 3.63) is 11.8 Å². The number of hydrogen-bond donors (Lipinski definition) is 2. The molecular formula is C22H30F3N5O3. The van der Waals surface area contributed by atoms with Crippen molar-refractivity contribution in [3.63, 3.8) is 0 Å². The first-order chi connectivity index (χ1) is 15.8. The summed E-state index contributed by atoms with van der Waals surface area (Å²) in [6, 6.07) is 0. The molecule has 2 saturated carbocycles. The van der Waals surface area contributed by atoms with E-state index in [1.54, 1.807) is 4.90 Å². The summed E-state index contributed by atoms with van der Waals surface area (Å²) in [6.45, 7) is 3.69. The van der Waals surface area contributed by atoms with Crippen molar-refractivity contribution in [2.75, 3.05) is 56.7 Å². The molecule has 0 radical (unpaired) electrons. The van der Waals surface area contributed by atoms with E-state index in [4.69, 9.17) is 9.47 Å². The zero-order valence-electron chi connectivity index (χ0n) is 18.5. The molecular weight excluding hydrogens is 439 g/mol. The van der Waals surface area contributed by atoms with Gasteiger partial charge in [0.2, 0.25) is 11.9 Å². The van der Waals surface area contributed by atoms with Crippen LogP contribution in [0.25, 0.3) is 0 Å². The Morgan fingerprint density at radius 3 is 2.67 bits per heavy atom. The van der Waals surface area contributed by atoms with Crippen molar-refractivity contribution in [3.8, 4) is 0 Å². The largest absolute Gasteiger partial charge is 0.421 e. The molecule has 4 fully saturated rings. The normalized spacial score (nSPS) is 29.9. The number of fused-ring (bicyclic) bond motifs is 1. The number of nitrogens with one attached hydrogen (secondary N) is 2. The minimum atomic E-state index is -4.55. The molecule has 0 unspecified atom stereocenters. The van der Waals surface area contributed by atoms with Gasteiger partial charge >= 0.3 is 6.18 Å². The van der Waals surface area contributed by atoms with Gasteiger partial charge in [0.25, 0.3) is 0 Å². The van der Waals surface area contributed by atoms with E-state index in [0.29, 0.717) is 45.1 Å². The van der Waals surface area contributed by atoms with Crippen LogP contribution in [0.2, 0.25) is 0 Å². The number of rotatable bonds is 8. The Morgan fingerprint density at radius 2 is 1.91 bits per heavy atom. The fraction of sp³-hybridized carbons (Fsp3) is 0.773. The van der Waals surface area contributed by atoms with Crippen molar-refractivity contribution in [2.24, 2.45) is 11.3 Å². The van der Waals surface area contributed by atoms with Crippen LogP contribution < -0.4 is 10.6 Å². The molecule has 0 atom stereocenters. The molecule has 5 rings (SSSR count). The first-order valence-electron chi connectivity index (χ1n) is 11.7. The first-order valence-corrected chi connectivity index (χ1v) is 11.7. The van der Waals surface area contributed by atoms with Crippen molar-refractivity contribution in [1.29, 1.82) is 0 Å². The summed E-state index contributed by atoms with van der Waals surface area (Å²) in [6.07, 6.45) is 1.26. The zero-order chi connectivity index (χ0) is 23.1. The van der Waals surface area contributed by atoms with Crippen molar-refractivity contribution < 1.29 is 27.4 Å². The number of carbonyl (C=O) groups excluding carboxylic acids is 1. The molecule has 182 valence electrons. The van der Waals surface area contributed by atoms with Gasteiger partial charge in [0.05, 0.1) is 19.6 Å². The monoisotopic (exact) mass is 469 g/mol. The quantitative estimate of drug-likeness (QED) is 0.566. The lowest BCUT2D eigenvalue weighted by Crippen LogP contribution is -2.33. The number of nitrogens with zero attached hydrogens (tertiary/aromatic N) is 3. The number of aromatic nitrogens is 2. The van der Waals surface area contributed by atoms with Crippen LogP contribution in [0, 0.1) is 11.3 Å². The van der Waals surface area contributed by atoms with Gasteiger partial charge in [0.1, 0.15) is 11.4 Å². The Kier molecular flexibility index (Phi) is 5.88. The van der Waals surface area contributed by atoms with E-state index in [9.17, 15) is 18.0 Å². The molecule has 0 spiro atoms. The van der Waals surface area contributed by atoms with Crippen LogP contribution in [0.15, 0.2) is 6.20 Å². The third-order valence-electron chi connectivity index (χ3n) is 7.60. The average Bonchev–Trinajstić information content (AvgIpc) is 3.63. The lowest BCUT2D eigenvalue weighted by atomic mass is 9.89. The van der Waals surface area contributed by atoms with E-state index in [1.807, 2.05) is 0 Å². The van der Waals surface area contributed by atoms with E-state index in [2.05, 4.69) is 20.6 Å². The standard InChI is InChI=1S/C22H30F3N5O3/c23-22(24,25)16-12-27-19(29-21-13-20(21,14-21)15-2-8-32-9-3-15)28-18(16)26-5-1-6-30-7-11-33-10-4-17(30)31/h12,15H,1-11,13-14H2,(H2,26,27,28,29). The second-order valence-corrected chi connectivity index (χ2v) is 9.58. The van der Waals surface area contributed by atoms with Gasteiger partial charge in [0, 0.05) is 50.0 Å². The molecule has 8 nitrogen and oxygen atoms in total. The maximum absolute atomic E-state index is 13.5. The molecule has 1 aromatic heterocycles. The van der Waals surface area contributed by atoms with Crippen LogP contribution in [0.5, 0.6) is 0 Å². The average molecular weight is 470 g/mol. The molecule has 0 aromatic carbocycles. The smallest absolute Gasteiger partial charge is 0.381 e. The van der Waals surface area contributed by atoms with Crippen LogP contribution in [-0.4, -0.2) is 72.4 Å². The molecule has 3 heterocycles. The second kappa shape index (κ2) is 8.57. The third-order valence-corrected chi connectivity index (χ3v) is 7.60. The second-order valence-electron chi connectivity index (χ2n) is 9.58. The Bertz CT molecular complexity index is 885. The van der Waals surface area contributed by atoms with E-state index >= 15 is 0 Å². The van der Waals surface area contributed by atoms with Crippen LogP contribution in [0.4, 0.5) is 24.9 Å². The lowest BCUT2D eigenvalue weighted by molar-refractivity contribution is -0.137. The fourth-order valence-electron chi connectivity index (χ4n) is 5.51. The maximum atomic E-state index is 13.5. The summed E-state index contributed by atoms with van der Waals surface area (Å²) in [5.41, 5.74) is -0.715.